The normalized spacial score (nSPS) is 16.6. The molecule has 2 aromatic heterocycles. The van der Waals surface area contributed by atoms with E-state index in [4.69, 9.17) is 4.74 Å². The SMILES string of the molecule is Cc1cccc(-n2nnnc2-c2c[nH]c(C(=O)NC[C@@H]3CCCO3)c2)c1F. The van der Waals surface area contributed by atoms with Gasteiger partial charge in [0.25, 0.3) is 5.91 Å². The zero-order valence-electron chi connectivity index (χ0n) is 14.8. The van der Waals surface area contributed by atoms with Crippen molar-refractivity contribution >= 4 is 5.91 Å². The molecular formula is C18H19FN6O2. The number of H-pyrrole nitrogens is 1. The second-order valence-electron chi connectivity index (χ2n) is 6.47. The summed E-state index contributed by atoms with van der Waals surface area (Å²) < 4.78 is 21.3. The molecule has 1 aliphatic rings. The number of amides is 1. The quantitative estimate of drug-likeness (QED) is 0.716. The highest BCUT2D eigenvalue weighted by atomic mass is 19.1. The maximum atomic E-state index is 14.4. The first kappa shape index (κ1) is 17.3. The van der Waals surface area contributed by atoms with E-state index in [2.05, 4.69) is 25.8 Å². The van der Waals surface area contributed by atoms with Crippen molar-refractivity contribution in [2.75, 3.05) is 13.2 Å². The molecule has 1 fully saturated rings. The van der Waals surface area contributed by atoms with Crippen molar-refractivity contribution in [3.63, 3.8) is 0 Å². The van der Waals surface area contributed by atoms with Crippen LogP contribution in [0, 0.1) is 12.7 Å². The topological polar surface area (TPSA) is 97.7 Å². The van der Waals surface area contributed by atoms with Gasteiger partial charge in [0.1, 0.15) is 11.4 Å². The van der Waals surface area contributed by atoms with Crippen molar-refractivity contribution in [2.45, 2.75) is 25.9 Å². The molecule has 0 bridgehead atoms. The van der Waals surface area contributed by atoms with Crippen LogP contribution in [0.1, 0.15) is 28.9 Å². The van der Waals surface area contributed by atoms with E-state index in [-0.39, 0.29) is 17.7 Å². The molecule has 1 amide bonds. The Morgan fingerprint density at radius 2 is 2.37 bits per heavy atom. The highest BCUT2D eigenvalue weighted by Gasteiger charge is 2.20. The summed E-state index contributed by atoms with van der Waals surface area (Å²) in [5, 5.41) is 14.4. The molecule has 0 radical (unpaired) electrons. The third kappa shape index (κ3) is 3.45. The molecule has 1 saturated heterocycles. The van der Waals surface area contributed by atoms with E-state index in [1.165, 1.54) is 4.68 Å². The van der Waals surface area contributed by atoms with Gasteiger partial charge in [-0.15, -0.1) is 5.10 Å². The molecule has 2 N–H and O–H groups in total. The van der Waals surface area contributed by atoms with Crippen molar-refractivity contribution in [1.29, 1.82) is 0 Å². The van der Waals surface area contributed by atoms with Gasteiger partial charge in [-0.25, -0.2) is 4.39 Å². The number of carbonyl (C=O) groups excluding carboxylic acids is 1. The molecule has 4 rings (SSSR count). The van der Waals surface area contributed by atoms with E-state index in [0.717, 1.165) is 19.4 Å². The summed E-state index contributed by atoms with van der Waals surface area (Å²) in [4.78, 5) is 15.2. The number of hydrogen-bond donors (Lipinski definition) is 2. The average Bonchev–Trinajstić information content (AvgIpc) is 3.42. The van der Waals surface area contributed by atoms with Crippen molar-refractivity contribution in [3.05, 3.63) is 47.5 Å². The van der Waals surface area contributed by atoms with E-state index in [1.807, 2.05) is 0 Å². The molecule has 140 valence electrons. The summed E-state index contributed by atoms with van der Waals surface area (Å²) in [6, 6.07) is 6.65. The molecule has 27 heavy (non-hydrogen) atoms. The number of nitrogens with zero attached hydrogens (tertiary/aromatic N) is 4. The number of halogens is 1. The minimum Gasteiger partial charge on any atom is -0.376 e. The van der Waals surface area contributed by atoms with E-state index >= 15 is 0 Å². The molecule has 3 aromatic rings. The number of hydrogen-bond acceptors (Lipinski definition) is 5. The fourth-order valence-corrected chi connectivity index (χ4v) is 3.09. The zero-order valence-corrected chi connectivity index (χ0v) is 14.8. The number of benzene rings is 1. The Labute approximate surface area is 154 Å². The van der Waals surface area contributed by atoms with Gasteiger partial charge < -0.3 is 15.0 Å². The molecule has 3 heterocycles. The maximum Gasteiger partial charge on any atom is 0.267 e. The van der Waals surface area contributed by atoms with E-state index in [0.29, 0.717) is 29.2 Å². The summed E-state index contributed by atoms with van der Waals surface area (Å²) in [5.41, 5.74) is 1.71. The summed E-state index contributed by atoms with van der Waals surface area (Å²) in [6.07, 6.45) is 3.66. The number of aryl methyl sites for hydroxylation is 1. The second-order valence-corrected chi connectivity index (χ2v) is 6.47. The van der Waals surface area contributed by atoms with Crippen molar-refractivity contribution in [3.8, 4) is 17.1 Å². The van der Waals surface area contributed by atoms with E-state index in [1.54, 1.807) is 37.4 Å². The molecule has 0 aliphatic carbocycles. The van der Waals surface area contributed by atoms with Gasteiger partial charge in [0.2, 0.25) is 0 Å². The van der Waals surface area contributed by atoms with Crippen LogP contribution in [-0.4, -0.2) is 50.4 Å². The minimum absolute atomic E-state index is 0.0694. The van der Waals surface area contributed by atoms with Crippen LogP contribution in [-0.2, 0) is 4.74 Å². The molecule has 1 aliphatic heterocycles. The first-order valence-electron chi connectivity index (χ1n) is 8.76. The number of nitrogens with one attached hydrogen (secondary N) is 2. The largest absolute Gasteiger partial charge is 0.376 e. The molecular weight excluding hydrogens is 351 g/mol. The highest BCUT2D eigenvalue weighted by molar-refractivity contribution is 5.93. The molecule has 0 spiro atoms. The molecule has 0 unspecified atom stereocenters. The Morgan fingerprint density at radius 3 is 3.19 bits per heavy atom. The van der Waals surface area contributed by atoms with Crippen LogP contribution in [0.2, 0.25) is 0 Å². The predicted octanol–water partition coefficient (Wildman–Crippen LogP) is 2.01. The number of rotatable bonds is 5. The maximum absolute atomic E-state index is 14.4. The first-order chi connectivity index (χ1) is 13.1. The van der Waals surface area contributed by atoms with Crippen LogP contribution in [0.25, 0.3) is 17.1 Å². The molecule has 1 atom stereocenters. The number of tetrazole rings is 1. The van der Waals surface area contributed by atoms with Gasteiger partial charge in [0.15, 0.2) is 11.6 Å². The lowest BCUT2D eigenvalue weighted by Crippen LogP contribution is -2.31. The van der Waals surface area contributed by atoms with Crippen LogP contribution < -0.4 is 5.32 Å². The monoisotopic (exact) mass is 370 g/mol. The van der Waals surface area contributed by atoms with Crippen LogP contribution in [0.3, 0.4) is 0 Å². The standard InChI is InChI=1S/C18H19FN6O2/c1-11-4-2-6-15(16(11)19)25-17(22-23-24-25)12-8-14(20-9-12)18(26)21-10-13-5-3-7-27-13/h2,4,6,8-9,13,20H,3,5,7,10H2,1H3,(H,21,26)/t13-/m0/s1. The van der Waals surface area contributed by atoms with Crippen molar-refractivity contribution < 1.29 is 13.9 Å². The van der Waals surface area contributed by atoms with Crippen molar-refractivity contribution in [1.82, 2.24) is 30.5 Å². The molecule has 8 nitrogen and oxygen atoms in total. The summed E-state index contributed by atoms with van der Waals surface area (Å²) in [6.45, 7) is 2.89. The van der Waals surface area contributed by atoms with Crippen LogP contribution in [0.5, 0.6) is 0 Å². The third-order valence-electron chi connectivity index (χ3n) is 4.57. The summed E-state index contributed by atoms with van der Waals surface area (Å²) in [5.74, 6) is -0.289. The Balaban J connectivity index is 1.55. The van der Waals surface area contributed by atoms with E-state index in [9.17, 15) is 9.18 Å². The Morgan fingerprint density at radius 1 is 1.48 bits per heavy atom. The molecule has 0 saturated carbocycles. The number of ether oxygens (including phenoxy) is 1. The average molecular weight is 370 g/mol. The van der Waals surface area contributed by atoms with Gasteiger partial charge in [-0.3, -0.25) is 4.79 Å². The molecule has 9 heteroatoms. The Kier molecular flexibility index (Phi) is 4.68. The Bertz CT molecular complexity index is 960. The van der Waals surface area contributed by atoms with Gasteiger partial charge in [-0.1, -0.05) is 12.1 Å². The highest BCUT2D eigenvalue weighted by Crippen LogP contribution is 2.23. The fraction of sp³-hybridized carbons (Fsp3) is 0.333. The van der Waals surface area contributed by atoms with Gasteiger partial charge in [-0.2, -0.15) is 4.68 Å². The summed E-state index contributed by atoms with van der Waals surface area (Å²) >= 11 is 0. The lowest BCUT2D eigenvalue weighted by atomic mass is 10.2. The third-order valence-corrected chi connectivity index (χ3v) is 4.57. The van der Waals surface area contributed by atoms with Crippen LogP contribution >= 0.6 is 0 Å². The molecule has 1 aromatic carbocycles. The lowest BCUT2D eigenvalue weighted by Gasteiger charge is -2.09. The van der Waals surface area contributed by atoms with Crippen LogP contribution in [0.4, 0.5) is 4.39 Å². The van der Waals surface area contributed by atoms with Gasteiger partial charge in [0.05, 0.1) is 6.10 Å². The van der Waals surface area contributed by atoms with E-state index < -0.39 is 5.82 Å². The fourth-order valence-electron chi connectivity index (χ4n) is 3.09. The lowest BCUT2D eigenvalue weighted by molar-refractivity contribution is 0.0854. The number of aromatic nitrogens is 5. The second kappa shape index (κ2) is 7.28. The van der Waals surface area contributed by atoms with Crippen LogP contribution in [0.15, 0.2) is 30.5 Å². The number of aromatic amines is 1. The Hall–Kier alpha value is -3.07. The number of carbonyl (C=O) groups is 1. The first-order valence-corrected chi connectivity index (χ1v) is 8.76. The zero-order chi connectivity index (χ0) is 18.8. The minimum atomic E-state index is -0.392. The summed E-state index contributed by atoms with van der Waals surface area (Å²) in [7, 11) is 0. The van der Waals surface area contributed by atoms with Gasteiger partial charge >= 0.3 is 0 Å². The van der Waals surface area contributed by atoms with Gasteiger partial charge in [0, 0.05) is 24.9 Å². The van der Waals surface area contributed by atoms with Crippen molar-refractivity contribution in [2.24, 2.45) is 0 Å². The smallest absolute Gasteiger partial charge is 0.267 e. The predicted molar refractivity (Wildman–Crippen MR) is 94.9 cm³/mol. The van der Waals surface area contributed by atoms with Gasteiger partial charge in [-0.05, 0) is 47.9 Å².